The molecule has 2 spiro atoms. The number of nitrogens with zero attached hydrogens (tertiary/aromatic N) is 2. The molecular formula is C30H28F6N2O8. The first-order valence-corrected chi connectivity index (χ1v) is 14.6. The zero-order chi connectivity index (χ0) is 32.6. The van der Waals surface area contributed by atoms with Crippen LogP contribution in [0.2, 0.25) is 0 Å². The van der Waals surface area contributed by atoms with Gasteiger partial charge in [0.2, 0.25) is 11.8 Å². The minimum absolute atomic E-state index is 0.0108. The highest BCUT2D eigenvalue weighted by Crippen LogP contribution is 2.61. The fourth-order valence-corrected chi connectivity index (χ4v) is 7.32. The Labute approximate surface area is 258 Å². The highest BCUT2D eigenvalue weighted by atomic mass is 19.4. The molecule has 0 radical (unpaired) electrons. The van der Waals surface area contributed by atoms with Crippen LogP contribution in [0.3, 0.4) is 0 Å². The summed E-state index contributed by atoms with van der Waals surface area (Å²) in [6, 6.07) is 14.1. The summed E-state index contributed by atoms with van der Waals surface area (Å²) in [7, 11) is 0. The zero-order valence-electron chi connectivity index (χ0n) is 24.0. The first-order chi connectivity index (χ1) is 21.8. The minimum atomic E-state index is -4.75. The highest BCUT2D eigenvalue weighted by molar-refractivity contribution is 5.81. The summed E-state index contributed by atoms with van der Waals surface area (Å²) >= 11 is 0. The molecule has 6 aliphatic heterocycles. The molecule has 248 valence electrons. The van der Waals surface area contributed by atoms with Gasteiger partial charge in [-0.1, -0.05) is 60.7 Å². The average Bonchev–Trinajstić information content (AvgIpc) is 3.85. The number of ether oxygens (including phenoxy) is 6. The Morgan fingerprint density at radius 3 is 1.17 bits per heavy atom. The lowest BCUT2D eigenvalue weighted by Crippen LogP contribution is -2.59. The van der Waals surface area contributed by atoms with Crippen LogP contribution < -0.4 is 0 Å². The maximum atomic E-state index is 13.8. The fraction of sp³-hybridized carbons (Fsp3) is 0.533. The first kappa shape index (κ1) is 31.3. The molecule has 6 heterocycles. The number of benzene rings is 2. The molecule has 0 N–H and O–H groups in total. The van der Waals surface area contributed by atoms with Crippen LogP contribution in [0.15, 0.2) is 60.7 Å². The summed E-state index contributed by atoms with van der Waals surface area (Å²) in [5.41, 5.74) is -4.56. The van der Waals surface area contributed by atoms with Crippen molar-refractivity contribution in [1.29, 1.82) is 0 Å². The van der Waals surface area contributed by atoms with E-state index in [9.17, 15) is 35.9 Å². The van der Waals surface area contributed by atoms with Gasteiger partial charge in [0.05, 0.1) is 26.4 Å². The number of hydrogen-bond acceptors (Lipinski definition) is 10. The summed E-state index contributed by atoms with van der Waals surface area (Å²) in [5, 5.41) is 0. The summed E-state index contributed by atoms with van der Waals surface area (Å²) in [5.74, 6) is -5.01. The van der Waals surface area contributed by atoms with Crippen LogP contribution >= 0.6 is 0 Å². The molecule has 6 aliphatic rings. The number of fused-ring (bicyclic) bond motifs is 4. The molecule has 8 rings (SSSR count). The average molecular weight is 659 g/mol. The monoisotopic (exact) mass is 658 g/mol. The van der Waals surface area contributed by atoms with E-state index in [0.29, 0.717) is 11.1 Å². The molecule has 0 bridgehead atoms. The summed E-state index contributed by atoms with van der Waals surface area (Å²) in [6.07, 6.45) is -10.3. The topological polar surface area (TPSA) is 96.0 Å². The van der Waals surface area contributed by atoms with Gasteiger partial charge in [0.15, 0.2) is 0 Å². The standard InChI is InChI=1S/2C15H14F3NO4/c2*16-15(17,18)13-6-7-14(21-8-9-22-14)19(13)11(12(20)23-13)10-4-2-1-3-5-10/h2*1-5,11H,6-9H2/t2*11-,13-/m10/s1. The lowest BCUT2D eigenvalue weighted by molar-refractivity contribution is -0.343. The second kappa shape index (κ2) is 10.6. The van der Waals surface area contributed by atoms with E-state index in [1.807, 2.05) is 0 Å². The Hall–Kier alpha value is -3.28. The number of halogens is 6. The molecule has 0 aromatic heterocycles. The van der Waals surface area contributed by atoms with Gasteiger partial charge in [-0.3, -0.25) is 0 Å². The molecular weight excluding hydrogens is 630 g/mol. The molecule has 2 aromatic carbocycles. The van der Waals surface area contributed by atoms with Gasteiger partial charge in [-0.25, -0.2) is 9.59 Å². The second-order valence-corrected chi connectivity index (χ2v) is 11.6. The maximum Gasteiger partial charge on any atom is 0.443 e. The summed E-state index contributed by atoms with van der Waals surface area (Å²) in [6.45, 7) is 0.723. The fourth-order valence-electron chi connectivity index (χ4n) is 7.32. The molecule has 10 nitrogen and oxygen atoms in total. The zero-order valence-corrected chi connectivity index (χ0v) is 24.0. The van der Waals surface area contributed by atoms with Crippen LogP contribution in [0.4, 0.5) is 26.3 Å². The Bertz CT molecular complexity index is 1370. The van der Waals surface area contributed by atoms with Crippen LogP contribution in [-0.2, 0) is 38.0 Å². The predicted molar refractivity (Wildman–Crippen MR) is 140 cm³/mol. The van der Waals surface area contributed by atoms with E-state index >= 15 is 0 Å². The van der Waals surface area contributed by atoms with Crippen LogP contribution in [0.5, 0.6) is 0 Å². The molecule has 0 amide bonds. The maximum absolute atomic E-state index is 13.8. The molecule has 2 aromatic rings. The number of carbonyl (C=O) groups excluding carboxylic acids is 2. The highest BCUT2D eigenvalue weighted by Gasteiger charge is 2.79. The molecule has 6 saturated heterocycles. The molecule has 0 unspecified atom stereocenters. The van der Waals surface area contributed by atoms with E-state index in [-0.39, 0.29) is 39.3 Å². The van der Waals surface area contributed by atoms with Crippen molar-refractivity contribution >= 4 is 11.9 Å². The van der Waals surface area contributed by atoms with Crippen LogP contribution in [0, 0.1) is 0 Å². The molecule has 0 aliphatic carbocycles. The largest absolute Gasteiger partial charge is 0.443 e. The van der Waals surface area contributed by atoms with E-state index in [0.717, 1.165) is 9.80 Å². The van der Waals surface area contributed by atoms with Gasteiger partial charge in [-0.15, -0.1) is 0 Å². The number of esters is 2. The van der Waals surface area contributed by atoms with Gasteiger partial charge in [0.25, 0.3) is 11.4 Å². The van der Waals surface area contributed by atoms with E-state index in [1.54, 1.807) is 60.7 Å². The predicted octanol–water partition coefficient (Wildman–Crippen LogP) is 4.68. The first-order valence-electron chi connectivity index (χ1n) is 14.6. The Morgan fingerprint density at radius 1 is 0.543 bits per heavy atom. The third-order valence-corrected chi connectivity index (χ3v) is 9.17. The van der Waals surface area contributed by atoms with Crippen molar-refractivity contribution in [3.63, 3.8) is 0 Å². The molecule has 6 fully saturated rings. The lowest BCUT2D eigenvalue weighted by atomic mass is 10.0. The van der Waals surface area contributed by atoms with Crippen LogP contribution in [0.1, 0.15) is 48.9 Å². The number of alkyl halides is 6. The van der Waals surface area contributed by atoms with E-state index < -0.39 is 72.5 Å². The molecule has 46 heavy (non-hydrogen) atoms. The van der Waals surface area contributed by atoms with Gasteiger partial charge in [-0.05, 0) is 11.1 Å². The van der Waals surface area contributed by atoms with Crippen molar-refractivity contribution in [2.45, 2.75) is 73.4 Å². The van der Waals surface area contributed by atoms with Gasteiger partial charge in [0.1, 0.15) is 12.1 Å². The van der Waals surface area contributed by atoms with Crippen molar-refractivity contribution in [3.05, 3.63) is 71.8 Å². The molecule has 0 saturated carbocycles. The molecule has 4 atom stereocenters. The Morgan fingerprint density at radius 2 is 0.870 bits per heavy atom. The van der Waals surface area contributed by atoms with Gasteiger partial charge in [-0.2, -0.15) is 36.1 Å². The lowest BCUT2D eigenvalue weighted by Gasteiger charge is -2.39. The van der Waals surface area contributed by atoms with Crippen molar-refractivity contribution in [3.8, 4) is 0 Å². The Kier molecular flexibility index (Phi) is 7.23. The van der Waals surface area contributed by atoms with Crippen molar-refractivity contribution in [2.75, 3.05) is 26.4 Å². The van der Waals surface area contributed by atoms with Gasteiger partial charge in [0, 0.05) is 25.7 Å². The van der Waals surface area contributed by atoms with Gasteiger partial charge < -0.3 is 28.4 Å². The van der Waals surface area contributed by atoms with E-state index in [1.165, 1.54) is 0 Å². The van der Waals surface area contributed by atoms with Crippen molar-refractivity contribution in [1.82, 2.24) is 9.80 Å². The quantitative estimate of drug-likeness (QED) is 0.335. The minimum Gasteiger partial charge on any atom is -0.432 e. The third-order valence-electron chi connectivity index (χ3n) is 9.17. The van der Waals surface area contributed by atoms with E-state index in [2.05, 4.69) is 0 Å². The summed E-state index contributed by atoms with van der Waals surface area (Å²) in [4.78, 5) is 26.5. The van der Waals surface area contributed by atoms with Crippen molar-refractivity contribution < 1.29 is 64.4 Å². The van der Waals surface area contributed by atoms with Crippen molar-refractivity contribution in [2.24, 2.45) is 0 Å². The van der Waals surface area contributed by atoms with E-state index in [4.69, 9.17) is 28.4 Å². The Balaban J connectivity index is 0.000000147. The normalized spacial score (nSPS) is 33.2. The number of carbonyl (C=O) groups is 2. The van der Waals surface area contributed by atoms with Gasteiger partial charge >= 0.3 is 24.3 Å². The molecule has 16 heteroatoms. The second-order valence-electron chi connectivity index (χ2n) is 11.6. The number of rotatable bonds is 2. The van der Waals surface area contributed by atoms with Crippen LogP contribution in [-0.4, -0.2) is 83.8 Å². The SMILES string of the molecule is O=C1O[C@@]2(C(F)(F)F)CCC3(OCCO3)N2[C@@H]1c1ccccc1.O=C1O[C@]2(C(F)(F)F)CCC3(OCCO3)N2[C@H]1c1ccccc1. The number of hydrogen-bond donors (Lipinski definition) is 0. The van der Waals surface area contributed by atoms with Crippen LogP contribution in [0.25, 0.3) is 0 Å². The smallest absolute Gasteiger partial charge is 0.432 e. The third kappa shape index (κ3) is 4.41. The summed E-state index contributed by atoms with van der Waals surface area (Å²) < 4.78 is 114.